The number of furan rings is 1. The first-order valence-corrected chi connectivity index (χ1v) is 15.7. The van der Waals surface area contributed by atoms with Crippen molar-refractivity contribution in [1.29, 1.82) is 0 Å². The third kappa shape index (κ3) is 10.3. The minimum absolute atomic E-state index is 0.0433. The normalized spacial score (nSPS) is 27.1. The number of nitrogens with one attached hydrogen (secondary N) is 5. The quantitative estimate of drug-likeness (QED) is 0.140. The molecule has 1 aromatic rings. The van der Waals surface area contributed by atoms with E-state index in [-0.39, 0.29) is 51.4 Å². The fourth-order valence-electron chi connectivity index (χ4n) is 5.56. The van der Waals surface area contributed by atoms with Gasteiger partial charge in [-0.3, -0.25) is 28.8 Å². The first-order valence-electron chi connectivity index (χ1n) is 15.7. The van der Waals surface area contributed by atoms with Crippen LogP contribution in [0.25, 0.3) is 0 Å². The lowest BCUT2D eigenvalue weighted by atomic mass is 9.96. The fraction of sp³-hybridized carbons (Fsp3) is 0.548. The third-order valence-corrected chi connectivity index (χ3v) is 8.02. The van der Waals surface area contributed by atoms with Crippen LogP contribution in [-0.2, 0) is 39.9 Å². The average Bonchev–Trinajstić information content (AvgIpc) is 3.75. The summed E-state index contributed by atoms with van der Waals surface area (Å²) in [6.45, 7) is 1.74. The number of carbonyl (C=O) groups is 6. The zero-order chi connectivity index (χ0) is 32.9. The van der Waals surface area contributed by atoms with Crippen LogP contribution in [0.2, 0.25) is 0 Å². The number of fused-ring (bicyclic) bond motifs is 4. The lowest BCUT2D eigenvalue weighted by molar-refractivity contribution is -0.135. The Morgan fingerprint density at radius 2 is 1.87 bits per heavy atom. The van der Waals surface area contributed by atoms with Gasteiger partial charge >= 0.3 is 0 Å². The molecule has 3 heterocycles. The fourth-order valence-corrected chi connectivity index (χ4v) is 5.56. The van der Waals surface area contributed by atoms with E-state index in [2.05, 4.69) is 26.6 Å². The van der Waals surface area contributed by atoms with Crippen LogP contribution in [0, 0.1) is 11.8 Å². The maximum Gasteiger partial charge on any atom is 0.246 e. The Bertz CT molecular complexity index is 1300. The topological polar surface area (TPSA) is 214 Å². The molecule has 250 valence electrons. The molecule has 1 aromatic heterocycles. The molecule has 1 saturated heterocycles. The highest BCUT2D eigenvalue weighted by molar-refractivity contribution is 5.97. The number of nitrogens with two attached hydrogens (primary N) is 1. The maximum atomic E-state index is 13.4. The summed E-state index contributed by atoms with van der Waals surface area (Å²) in [5.74, 6) is -3.32. The first-order chi connectivity index (χ1) is 22.2. The van der Waals surface area contributed by atoms with Gasteiger partial charge in [0.1, 0.15) is 17.8 Å². The molecule has 2 aliphatic heterocycles. The van der Waals surface area contributed by atoms with E-state index in [0.717, 1.165) is 12.2 Å². The minimum Gasteiger partial charge on any atom is -0.469 e. The van der Waals surface area contributed by atoms with Crippen LogP contribution < -0.4 is 32.3 Å². The summed E-state index contributed by atoms with van der Waals surface area (Å²) >= 11 is 0. The van der Waals surface area contributed by atoms with Crippen molar-refractivity contribution in [3.8, 4) is 0 Å². The standard InChI is InChI=1S/C31H43N7O8/c32-10-15-45-16-12-34-30(43)24-9-11-33-26(39)7-8-27(40)38-13-1-3-21(19-38)29(42)37-25(18-23-4-2-14-46-23)31(44)35-22-6-5-20(17-22)28(41)36-24/h2,4-8,14,20-22,24-25H,1,3,9-13,15-19,32H2,(H,33,39)(H,34,43)(H,35,44)(H,36,41)(H,37,42)/b8-7+/t20-,21+,22+,24-,25-/m0/s1. The lowest BCUT2D eigenvalue weighted by Crippen LogP contribution is -2.53. The Hall–Kier alpha value is -4.50. The molecule has 7 N–H and O–H groups in total. The van der Waals surface area contributed by atoms with Gasteiger partial charge in [0.05, 0.1) is 31.3 Å². The van der Waals surface area contributed by atoms with Crippen LogP contribution in [-0.4, -0.2) is 104 Å². The van der Waals surface area contributed by atoms with Gasteiger partial charge in [-0.1, -0.05) is 12.2 Å². The highest BCUT2D eigenvalue weighted by Gasteiger charge is 2.34. The molecule has 6 amide bonds. The number of hydrogen-bond donors (Lipinski definition) is 6. The summed E-state index contributed by atoms with van der Waals surface area (Å²) in [5, 5.41) is 13.9. The second-order valence-electron chi connectivity index (χ2n) is 11.5. The Morgan fingerprint density at radius 3 is 2.65 bits per heavy atom. The molecule has 15 heteroatoms. The van der Waals surface area contributed by atoms with E-state index in [4.69, 9.17) is 14.9 Å². The van der Waals surface area contributed by atoms with E-state index in [1.807, 2.05) is 0 Å². The van der Waals surface area contributed by atoms with Crippen LogP contribution in [0.4, 0.5) is 0 Å². The smallest absolute Gasteiger partial charge is 0.246 e. The van der Waals surface area contributed by atoms with E-state index >= 15 is 0 Å². The van der Waals surface area contributed by atoms with E-state index in [9.17, 15) is 28.8 Å². The van der Waals surface area contributed by atoms with Crippen LogP contribution in [0.5, 0.6) is 0 Å². The molecule has 0 saturated carbocycles. The van der Waals surface area contributed by atoms with Crippen molar-refractivity contribution in [3.05, 3.63) is 48.5 Å². The molecule has 0 radical (unpaired) electrons. The highest BCUT2D eigenvalue weighted by atomic mass is 16.5. The summed E-state index contributed by atoms with van der Waals surface area (Å²) in [6.07, 6.45) is 8.65. The highest BCUT2D eigenvalue weighted by Crippen LogP contribution is 2.20. The van der Waals surface area contributed by atoms with Crippen molar-refractivity contribution in [2.75, 3.05) is 45.9 Å². The monoisotopic (exact) mass is 641 g/mol. The maximum absolute atomic E-state index is 13.4. The van der Waals surface area contributed by atoms with E-state index in [1.54, 1.807) is 24.3 Å². The zero-order valence-electron chi connectivity index (χ0n) is 25.7. The Labute approximate surface area is 267 Å². The molecule has 0 unspecified atom stereocenters. The van der Waals surface area contributed by atoms with E-state index < -0.39 is 59.5 Å². The van der Waals surface area contributed by atoms with Gasteiger partial charge in [0, 0.05) is 57.3 Å². The first kappa shape index (κ1) is 34.4. The van der Waals surface area contributed by atoms with E-state index in [0.29, 0.717) is 38.3 Å². The second-order valence-corrected chi connectivity index (χ2v) is 11.5. The van der Waals surface area contributed by atoms with Gasteiger partial charge < -0.3 is 46.4 Å². The molecule has 5 atom stereocenters. The van der Waals surface area contributed by atoms with Gasteiger partial charge in [0.25, 0.3) is 0 Å². The van der Waals surface area contributed by atoms with Crippen LogP contribution in [0.15, 0.2) is 47.1 Å². The molecule has 1 aliphatic carbocycles. The van der Waals surface area contributed by atoms with Crippen molar-refractivity contribution in [2.24, 2.45) is 17.6 Å². The van der Waals surface area contributed by atoms with Crippen molar-refractivity contribution in [3.63, 3.8) is 0 Å². The number of carbonyl (C=O) groups excluding carboxylic acids is 6. The van der Waals surface area contributed by atoms with Crippen molar-refractivity contribution in [1.82, 2.24) is 31.5 Å². The number of hydrogen-bond acceptors (Lipinski definition) is 9. The van der Waals surface area contributed by atoms with Crippen molar-refractivity contribution < 1.29 is 37.9 Å². The van der Waals surface area contributed by atoms with Gasteiger partial charge in [-0.15, -0.1) is 0 Å². The molecule has 4 bridgehead atoms. The molecule has 15 nitrogen and oxygen atoms in total. The molecule has 46 heavy (non-hydrogen) atoms. The molecule has 3 aliphatic rings. The Balaban J connectivity index is 1.50. The van der Waals surface area contributed by atoms with Gasteiger partial charge in [-0.05, 0) is 37.8 Å². The van der Waals surface area contributed by atoms with Crippen molar-refractivity contribution >= 4 is 35.4 Å². The summed E-state index contributed by atoms with van der Waals surface area (Å²) in [4.78, 5) is 79.8. The van der Waals surface area contributed by atoms with Crippen LogP contribution in [0.3, 0.4) is 0 Å². The average molecular weight is 642 g/mol. The summed E-state index contributed by atoms with van der Waals surface area (Å²) in [5.41, 5.74) is 5.41. The van der Waals surface area contributed by atoms with Crippen LogP contribution in [0.1, 0.15) is 31.4 Å². The number of rotatable bonds is 8. The molecular formula is C31H43N7O8. The molecule has 0 spiro atoms. The van der Waals surface area contributed by atoms with Gasteiger partial charge in [-0.25, -0.2) is 0 Å². The number of nitrogens with zero attached hydrogens (tertiary/aromatic N) is 1. The van der Waals surface area contributed by atoms with Crippen molar-refractivity contribution in [2.45, 2.75) is 50.2 Å². The summed E-state index contributed by atoms with van der Waals surface area (Å²) in [6, 6.07) is 0.965. The number of amides is 6. The molecule has 4 rings (SSSR count). The predicted octanol–water partition coefficient (Wildman–Crippen LogP) is -1.74. The van der Waals surface area contributed by atoms with Crippen LogP contribution >= 0.6 is 0 Å². The number of ether oxygens (including phenoxy) is 1. The van der Waals surface area contributed by atoms with E-state index in [1.165, 1.54) is 11.2 Å². The molecule has 1 fully saturated rings. The molecule has 0 aromatic carbocycles. The van der Waals surface area contributed by atoms with Gasteiger partial charge in [0.2, 0.25) is 35.4 Å². The lowest BCUT2D eigenvalue weighted by Gasteiger charge is -2.32. The minimum atomic E-state index is -0.970. The van der Waals surface area contributed by atoms with Gasteiger partial charge in [-0.2, -0.15) is 0 Å². The summed E-state index contributed by atoms with van der Waals surface area (Å²) in [7, 11) is 0. The Kier molecular flexibility index (Phi) is 12.9. The number of piperidine rings is 1. The third-order valence-electron chi connectivity index (χ3n) is 8.02. The predicted molar refractivity (Wildman–Crippen MR) is 164 cm³/mol. The Morgan fingerprint density at radius 1 is 1.02 bits per heavy atom. The zero-order valence-corrected chi connectivity index (χ0v) is 25.7. The largest absolute Gasteiger partial charge is 0.469 e. The van der Waals surface area contributed by atoms with Gasteiger partial charge in [0.15, 0.2) is 0 Å². The molecular weight excluding hydrogens is 598 g/mol. The summed E-state index contributed by atoms with van der Waals surface area (Å²) < 4.78 is 10.7. The second kappa shape index (κ2) is 17.3. The SMILES string of the molecule is NCCOCCNC(=O)[C@@H]1CCNC(=O)/C=C/C(=O)N2CCC[C@H](C2)C(=O)N[C@@H](Cc2ccco2)C(=O)N[C@@H]2C=C[C@@H](C2)C(=O)N1.